The van der Waals surface area contributed by atoms with Crippen LogP contribution in [0.3, 0.4) is 0 Å². The van der Waals surface area contributed by atoms with Crippen molar-refractivity contribution >= 4 is 0 Å². The first-order chi connectivity index (χ1) is 7.04. The lowest BCUT2D eigenvalue weighted by Gasteiger charge is -2.74. The molecule has 1 N–H and O–H groups in total. The summed E-state index contributed by atoms with van der Waals surface area (Å²) >= 11 is 0. The van der Waals surface area contributed by atoms with Crippen LogP contribution < -0.4 is 0 Å². The van der Waals surface area contributed by atoms with E-state index in [1.807, 2.05) is 0 Å². The third-order valence-electron chi connectivity index (χ3n) is 6.47. The fourth-order valence-corrected chi connectivity index (χ4v) is 6.72. The van der Waals surface area contributed by atoms with Crippen LogP contribution >= 0.6 is 0 Å². The zero-order valence-electron chi connectivity index (χ0n) is 11.5. The van der Waals surface area contributed by atoms with E-state index in [0.717, 1.165) is 0 Å². The Kier molecular flexibility index (Phi) is 1.65. The average molecular weight is 222 g/mol. The Morgan fingerprint density at radius 2 is 0.938 bits per heavy atom. The predicted molar refractivity (Wildman–Crippen MR) is 66.1 cm³/mol. The highest BCUT2D eigenvalue weighted by atomic mass is 16.3. The summed E-state index contributed by atoms with van der Waals surface area (Å²) in [6, 6.07) is 0. The van der Waals surface area contributed by atoms with Gasteiger partial charge in [0.2, 0.25) is 0 Å². The van der Waals surface area contributed by atoms with Gasteiger partial charge in [-0.1, -0.05) is 27.7 Å². The van der Waals surface area contributed by atoms with Crippen LogP contribution in [-0.4, -0.2) is 10.7 Å². The first kappa shape index (κ1) is 11.1. The number of hydrogen-bond donors (Lipinski definition) is 1. The molecule has 0 spiro atoms. The molecule has 4 bridgehead atoms. The van der Waals surface area contributed by atoms with Crippen LogP contribution in [0.4, 0.5) is 0 Å². The maximum atomic E-state index is 11.0. The maximum Gasteiger partial charge on any atom is 0.0727 e. The van der Waals surface area contributed by atoms with E-state index in [0.29, 0.717) is 10.8 Å². The highest BCUT2D eigenvalue weighted by Gasteiger charge is 2.71. The van der Waals surface area contributed by atoms with Gasteiger partial charge in [0.15, 0.2) is 0 Å². The molecule has 4 aliphatic rings. The first-order valence-corrected chi connectivity index (χ1v) is 6.76. The molecule has 1 heteroatoms. The summed E-state index contributed by atoms with van der Waals surface area (Å²) in [5.74, 6) is 0. The van der Waals surface area contributed by atoms with Crippen molar-refractivity contribution in [1.29, 1.82) is 0 Å². The first-order valence-electron chi connectivity index (χ1n) is 6.76. The smallest absolute Gasteiger partial charge is 0.0727 e. The van der Waals surface area contributed by atoms with Crippen LogP contribution in [-0.2, 0) is 0 Å². The Labute approximate surface area is 99.6 Å². The molecule has 0 aromatic heterocycles. The van der Waals surface area contributed by atoms with Crippen LogP contribution in [0.1, 0.15) is 66.7 Å². The van der Waals surface area contributed by atoms with Crippen molar-refractivity contribution in [2.75, 3.05) is 0 Å². The fourth-order valence-electron chi connectivity index (χ4n) is 6.72. The summed E-state index contributed by atoms with van der Waals surface area (Å²) in [6.07, 6.45) is 6.26. The quantitative estimate of drug-likeness (QED) is 0.662. The summed E-state index contributed by atoms with van der Waals surface area (Å²) in [5, 5.41) is 11.0. The van der Waals surface area contributed by atoms with Gasteiger partial charge in [0.1, 0.15) is 0 Å². The van der Waals surface area contributed by atoms with E-state index < -0.39 is 5.60 Å². The molecular weight excluding hydrogens is 196 g/mol. The number of rotatable bonds is 0. The van der Waals surface area contributed by atoms with Crippen molar-refractivity contribution in [2.24, 2.45) is 21.7 Å². The molecule has 16 heavy (non-hydrogen) atoms. The highest BCUT2D eigenvalue weighted by molar-refractivity contribution is 5.21. The van der Waals surface area contributed by atoms with E-state index in [-0.39, 0.29) is 10.8 Å². The molecule has 0 amide bonds. The van der Waals surface area contributed by atoms with Crippen LogP contribution in [0.15, 0.2) is 0 Å². The molecule has 0 radical (unpaired) electrons. The Bertz CT molecular complexity index is 308. The minimum absolute atomic E-state index is 0.139. The molecule has 4 saturated carbocycles. The van der Waals surface area contributed by atoms with Gasteiger partial charge in [-0.3, -0.25) is 0 Å². The van der Waals surface area contributed by atoms with Gasteiger partial charge >= 0.3 is 0 Å². The van der Waals surface area contributed by atoms with Gasteiger partial charge in [0.25, 0.3) is 0 Å². The SMILES string of the molecule is CC12CC3(C)CC(C)(C1)C(C)(O)C(C)(C2)C3. The highest BCUT2D eigenvalue weighted by Crippen LogP contribution is 2.76. The second-order valence-electron chi connectivity index (χ2n) is 8.70. The van der Waals surface area contributed by atoms with Crippen LogP contribution in [0.5, 0.6) is 0 Å². The van der Waals surface area contributed by atoms with E-state index >= 15 is 0 Å². The fraction of sp³-hybridized carbons (Fsp3) is 1.00. The third kappa shape index (κ3) is 1.02. The molecule has 4 aliphatic carbocycles. The zero-order chi connectivity index (χ0) is 12.0. The summed E-state index contributed by atoms with van der Waals surface area (Å²) in [7, 11) is 0. The van der Waals surface area contributed by atoms with Gasteiger partial charge in [-0.05, 0) is 60.7 Å². The third-order valence-corrected chi connectivity index (χ3v) is 6.47. The van der Waals surface area contributed by atoms with E-state index in [9.17, 15) is 5.11 Å². The van der Waals surface area contributed by atoms with E-state index in [2.05, 4.69) is 34.6 Å². The van der Waals surface area contributed by atoms with Gasteiger partial charge in [0.05, 0.1) is 5.60 Å². The molecule has 0 atom stereocenters. The predicted octanol–water partition coefficient (Wildman–Crippen LogP) is 3.75. The summed E-state index contributed by atoms with van der Waals surface area (Å²) in [6.45, 7) is 11.7. The second-order valence-corrected chi connectivity index (χ2v) is 8.70. The van der Waals surface area contributed by atoms with Gasteiger partial charge in [-0.15, -0.1) is 0 Å². The second kappa shape index (κ2) is 2.39. The summed E-state index contributed by atoms with van der Waals surface area (Å²) in [4.78, 5) is 0. The molecule has 4 fully saturated rings. The Morgan fingerprint density at radius 1 is 0.625 bits per heavy atom. The molecule has 0 saturated heterocycles. The van der Waals surface area contributed by atoms with Crippen molar-refractivity contribution < 1.29 is 5.11 Å². The van der Waals surface area contributed by atoms with Crippen molar-refractivity contribution in [3.63, 3.8) is 0 Å². The minimum atomic E-state index is -0.473. The lowest BCUT2D eigenvalue weighted by molar-refractivity contribution is -0.297. The van der Waals surface area contributed by atoms with Gasteiger partial charge in [-0.2, -0.15) is 0 Å². The van der Waals surface area contributed by atoms with Crippen LogP contribution in [0, 0.1) is 21.7 Å². The zero-order valence-corrected chi connectivity index (χ0v) is 11.5. The molecule has 4 rings (SSSR count). The molecule has 0 heterocycles. The van der Waals surface area contributed by atoms with E-state index in [1.165, 1.54) is 32.1 Å². The van der Waals surface area contributed by atoms with E-state index in [4.69, 9.17) is 0 Å². The number of aliphatic hydroxyl groups is 1. The maximum absolute atomic E-state index is 11.0. The average Bonchev–Trinajstić information content (AvgIpc) is 1.93. The Morgan fingerprint density at radius 3 is 1.25 bits per heavy atom. The van der Waals surface area contributed by atoms with Crippen LogP contribution in [0.2, 0.25) is 0 Å². The Hall–Kier alpha value is -0.0400. The molecule has 0 unspecified atom stereocenters. The molecule has 1 nitrogen and oxygen atoms in total. The molecule has 92 valence electrons. The normalized spacial score (nSPS) is 68.6. The van der Waals surface area contributed by atoms with Crippen molar-refractivity contribution in [3.8, 4) is 0 Å². The largest absolute Gasteiger partial charge is 0.389 e. The molecule has 0 aromatic rings. The van der Waals surface area contributed by atoms with Crippen molar-refractivity contribution in [3.05, 3.63) is 0 Å². The topological polar surface area (TPSA) is 20.2 Å². The van der Waals surface area contributed by atoms with Gasteiger partial charge < -0.3 is 5.11 Å². The molecule has 0 aromatic carbocycles. The molecule has 0 aliphatic heterocycles. The summed E-state index contributed by atoms with van der Waals surface area (Å²) < 4.78 is 0. The lowest BCUT2D eigenvalue weighted by atomic mass is 9.32. The number of hydrogen-bond acceptors (Lipinski definition) is 1. The van der Waals surface area contributed by atoms with Gasteiger partial charge in [-0.25, -0.2) is 0 Å². The van der Waals surface area contributed by atoms with Gasteiger partial charge in [0, 0.05) is 0 Å². The van der Waals surface area contributed by atoms with Crippen molar-refractivity contribution in [1.82, 2.24) is 0 Å². The summed E-state index contributed by atoms with van der Waals surface area (Å²) in [5.41, 5.74) is 0.771. The monoisotopic (exact) mass is 222 g/mol. The van der Waals surface area contributed by atoms with Crippen LogP contribution in [0.25, 0.3) is 0 Å². The standard InChI is InChI=1S/C15H26O/c1-11-6-12(2)9-13(3,7-11)15(5,16)14(4,8-11)10-12/h16H,6-10H2,1-5H3. The van der Waals surface area contributed by atoms with Crippen molar-refractivity contribution in [2.45, 2.75) is 72.3 Å². The molecular formula is C15H26O. The minimum Gasteiger partial charge on any atom is -0.389 e. The lowest BCUT2D eigenvalue weighted by Crippen LogP contribution is -2.71. The van der Waals surface area contributed by atoms with E-state index in [1.54, 1.807) is 0 Å². The Balaban J connectivity index is 2.18.